The lowest BCUT2D eigenvalue weighted by molar-refractivity contribution is -0.113. The molecular weight excluding hydrogens is 463 g/mol. The minimum Gasteiger partial charge on any atom is -0.397 e. The minimum absolute atomic E-state index is 0.168. The fraction of sp³-hybridized carbons (Fsp3) is 0.158. The second kappa shape index (κ2) is 8.81. The zero-order valence-electron chi connectivity index (χ0n) is 15.7. The summed E-state index contributed by atoms with van der Waals surface area (Å²) in [6.07, 6.45) is 1.74. The van der Waals surface area contributed by atoms with Gasteiger partial charge in [0.25, 0.3) is 0 Å². The number of pyridine rings is 1. The molecule has 1 aromatic carbocycles. The van der Waals surface area contributed by atoms with E-state index < -0.39 is 0 Å². The smallest absolute Gasteiger partial charge is 0.234 e. The molecule has 3 heterocycles. The molecule has 0 saturated carbocycles. The molecule has 0 aliphatic rings. The van der Waals surface area contributed by atoms with E-state index in [0.29, 0.717) is 38.9 Å². The number of thioether (sulfide) groups is 1. The summed E-state index contributed by atoms with van der Waals surface area (Å²) in [5.74, 6) is 0.656. The van der Waals surface area contributed by atoms with E-state index in [1.807, 2.05) is 23.6 Å². The summed E-state index contributed by atoms with van der Waals surface area (Å²) in [6.45, 7) is 2.63. The van der Waals surface area contributed by atoms with Crippen molar-refractivity contribution in [3.8, 4) is 10.7 Å². The number of aromatic nitrogens is 4. The summed E-state index contributed by atoms with van der Waals surface area (Å²) in [5.41, 5.74) is 7.55. The van der Waals surface area contributed by atoms with Gasteiger partial charge in [-0.1, -0.05) is 35.0 Å². The Labute approximate surface area is 190 Å². The number of nitrogens with one attached hydrogen (secondary N) is 1. The van der Waals surface area contributed by atoms with Crippen molar-refractivity contribution in [2.45, 2.75) is 18.6 Å². The van der Waals surface area contributed by atoms with Gasteiger partial charge in [-0.25, -0.2) is 4.98 Å². The number of carbonyl (C=O) groups is 1. The molecule has 0 aliphatic carbocycles. The summed E-state index contributed by atoms with van der Waals surface area (Å²) in [4.78, 5) is 18.4. The van der Waals surface area contributed by atoms with Crippen LogP contribution < -0.4 is 11.1 Å². The number of nitrogen functional groups attached to an aromatic ring is 1. The summed E-state index contributed by atoms with van der Waals surface area (Å²) in [5, 5.41) is 13.7. The predicted molar refractivity (Wildman–Crippen MR) is 125 cm³/mol. The number of nitrogens with zero attached hydrogens (tertiary/aromatic N) is 4. The van der Waals surface area contributed by atoms with Gasteiger partial charge in [0, 0.05) is 23.8 Å². The summed E-state index contributed by atoms with van der Waals surface area (Å²) < 4.78 is 1.94. The van der Waals surface area contributed by atoms with E-state index in [1.54, 1.807) is 24.4 Å². The molecule has 4 aromatic rings. The first-order valence-corrected chi connectivity index (χ1v) is 11.5. The largest absolute Gasteiger partial charge is 0.397 e. The van der Waals surface area contributed by atoms with Crippen LogP contribution in [0.1, 0.15) is 6.92 Å². The Morgan fingerprint density at radius 3 is 2.83 bits per heavy atom. The molecule has 154 valence electrons. The van der Waals surface area contributed by atoms with Gasteiger partial charge in [-0.2, -0.15) is 0 Å². The highest BCUT2D eigenvalue weighted by molar-refractivity contribution is 7.99. The van der Waals surface area contributed by atoms with E-state index in [4.69, 9.17) is 28.9 Å². The van der Waals surface area contributed by atoms with Crippen LogP contribution in [0.4, 0.5) is 11.4 Å². The normalized spacial score (nSPS) is 11.2. The molecule has 11 heteroatoms. The molecule has 0 bridgehead atoms. The van der Waals surface area contributed by atoms with E-state index in [0.717, 1.165) is 15.1 Å². The fourth-order valence-corrected chi connectivity index (χ4v) is 5.02. The van der Waals surface area contributed by atoms with Crippen molar-refractivity contribution in [3.63, 3.8) is 0 Å². The van der Waals surface area contributed by atoms with Crippen LogP contribution in [-0.4, -0.2) is 31.4 Å². The molecule has 0 radical (unpaired) electrons. The van der Waals surface area contributed by atoms with Crippen molar-refractivity contribution in [3.05, 3.63) is 46.6 Å². The zero-order chi connectivity index (χ0) is 21.3. The Morgan fingerprint density at radius 2 is 2.10 bits per heavy atom. The highest BCUT2D eigenvalue weighted by atomic mass is 35.5. The lowest BCUT2D eigenvalue weighted by atomic mass is 10.2. The maximum atomic E-state index is 12.3. The van der Waals surface area contributed by atoms with Gasteiger partial charge in [-0.15, -0.1) is 21.5 Å². The molecule has 30 heavy (non-hydrogen) atoms. The fourth-order valence-electron chi connectivity index (χ4n) is 2.87. The monoisotopic (exact) mass is 478 g/mol. The van der Waals surface area contributed by atoms with E-state index >= 15 is 0 Å². The number of carbonyl (C=O) groups excluding carboxylic acids is 1. The summed E-state index contributed by atoms with van der Waals surface area (Å²) in [7, 11) is 0. The number of hydrogen-bond donors (Lipinski definition) is 2. The number of halogens is 2. The number of rotatable bonds is 6. The molecule has 0 aliphatic heterocycles. The Balaban J connectivity index is 1.51. The SMILES string of the molecule is CCn1c(SCC(=O)Nc2ccc(Cl)c(Cl)c2)nnc1-c1sc2ncccc2c1N. The summed E-state index contributed by atoms with van der Waals surface area (Å²) >= 11 is 14.7. The molecule has 0 atom stereocenters. The molecule has 7 nitrogen and oxygen atoms in total. The van der Waals surface area contributed by atoms with Crippen LogP contribution in [0.5, 0.6) is 0 Å². The Hall–Kier alpha value is -2.33. The van der Waals surface area contributed by atoms with Crippen molar-refractivity contribution in [2.24, 2.45) is 0 Å². The molecule has 3 N–H and O–H groups in total. The van der Waals surface area contributed by atoms with Gasteiger partial charge in [0.2, 0.25) is 5.91 Å². The maximum Gasteiger partial charge on any atom is 0.234 e. The third-order valence-corrected chi connectivity index (χ3v) is 7.11. The molecular formula is C19H16Cl2N6OS2. The second-order valence-corrected chi connectivity index (χ2v) is 8.97. The first-order valence-electron chi connectivity index (χ1n) is 8.92. The number of thiophene rings is 1. The van der Waals surface area contributed by atoms with Crippen LogP contribution in [0.3, 0.4) is 0 Å². The number of benzene rings is 1. The molecule has 0 unspecified atom stereocenters. The third kappa shape index (κ3) is 4.11. The number of anilines is 2. The molecule has 3 aromatic heterocycles. The van der Waals surface area contributed by atoms with E-state index in [-0.39, 0.29) is 11.7 Å². The minimum atomic E-state index is -0.184. The number of fused-ring (bicyclic) bond motifs is 1. The van der Waals surface area contributed by atoms with Crippen LogP contribution in [-0.2, 0) is 11.3 Å². The van der Waals surface area contributed by atoms with Crippen LogP contribution >= 0.6 is 46.3 Å². The van der Waals surface area contributed by atoms with E-state index in [2.05, 4.69) is 20.5 Å². The highest BCUT2D eigenvalue weighted by Gasteiger charge is 2.20. The second-order valence-electron chi connectivity index (χ2n) is 6.22. The lowest BCUT2D eigenvalue weighted by Gasteiger charge is -2.08. The predicted octanol–water partition coefficient (Wildman–Crippen LogP) is 5.19. The summed E-state index contributed by atoms with van der Waals surface area (Å²) in [6, 6.07) is 8.73. The Morgan fingerprint density at radius 1 is 1.27 bits per heavy atom. The van der Waals surface area contributed by atoms with Crippen LogP contribution in [0.25, 0.3) is 20.9 Å². The van der Waals surface area contributed by atoms with Crippen LogP contribution in [0, 0.1) is 0 Å². The van der Waals surface area contributed by atoms with Gasteiger partial charge < -0.3 is 15.6 Å². The lowest BCUT2D eigenvalue weighted by Crippen LogP contribution is -2.14. The first-order chi connectivity index (χ1) is 14.5. The van der Waals surface area contributed by atoms with Crippen molar-refractivity contribution in [2.75, 3.05) is 16.8 Å². The standard InChI is InChI=1S/C19H16Cl2N6OS2/c1-2-27-17(16-15(22)11-4-3-7-23-18(11)30-16)25-26-19(27)29-9-14(28)24-10-5-6-12(20)13(21)8-10/h3-8H,2,9,22H2,1H3,(H,24,28). The molecule has 0 fully saturated rings. The van der Waals surface area contributed by atoms with Gasteiger partial charge in [0.15, 0.2) is 11.0 Å². The van der Waals surface area contributed by atoms with Crippen molar-refractivity contribution >= 4 is 73.8 Å². The first kappa shape index (κ1) is 20.9. The highest BCUT2D eigenvalue weighted by Crippen LogP contribution is 2.39. The number of nitrogens with two attached hydrogens (primary N) is 1. The van der Waals surface area contributed by atoms with Crippen LogP contribution in [0.2, 0.25) is 10.0 Å². The third-order valence-electron chi connectivity index (χ3n) is 4.28. The van der Waals surface area contributed by atoms with Gasteiger partial charge in [0.1, 0.15) is 4.83 Å². The van der Waals surface area contributed by atoms with E-state index in [1.165, 1.54) is 23.1 Å². The number of amides is 1. The van der Waals surface area contributed by atoms with E-state index in [9.17, 15) is 4.79 Å². The quantitative estimate of drug-likeness (QED) is 0.369. The average Bonchev–Trinajstić information content (AvgIpc) is 3.30. The topological polar surface area (TPSA) is 98.7 Å². The molecule has 4 rings (SSSR count). The zero-order valence-corrected chi connectivity index (χ0v) is 18.9. The average molecular weight is 479 g/mol. The van der Waals surface area contributed by atoms with Crippen molar-refractivity contribution in [1.82, 2.24) is 19.7 Å². The van der Waals surface area contributed by atoms with Gasteiger partial charge in [0.05, 0.1) is 26.4 Å². The van der Waals surface area contributed by atoms with Crippen molar-refractivity contribution in [1.29, 1.82) is 0 Å². The maximum absolute atomic E-state index is 12.3. The Kier molecular flexibility index (Phi) is 6.14. The van der Waals surface area contributed by atoms with Crippen LogP contribution in [0.15, 0.2) is 41.7 Å². The van der Waals surface area contributed by atoms with Gasteiger partial charge in [-0.3, -0.25) is 4.79 Å². The Bertz CT molecular complexity index is 1240. The molecule has 1 amide bonds. The van der Waals surface area contributed by atoms with Gasteiger partial charge >= 0.3 is 0 Å². The number of hydrogen-bond acceptors (Lipinski definition) is 7. The van der Waals surface area contributed by atoms with Gasteiger partial charge in [-0.05, 0) is 37.3 Å². The molecule has 0 spiro atoms. The molecule has 0 saturated heterocycles. The van der Waals surface area contributed by atoms with Crippen molar-refractivity contribution < 1.29 is 4.79 Å².